The number of nitrogens with zero attached hydrogens (tertiary/aromatic N) is 1. The van der Waals surface area contributed by atoms with Crippen molar-refractivity contribution in [1.82, 2.24) is 4.90 Å². The van der Waals surface area contributed by atoms with Gasteiger partial charge in [-0.05, 0) is 37.5 Å². The van der Waals surface area contributed by atoms with E-state index >= 15 is 0 Å². The van der Waals surface area contributed by atoms with E-state index in [9.17, 15) is 4.79 Å². The number of nitrogens with two attached hydrogens (primary N) is 1. The summed E-state index contributed by atoms with van der Waals surface area (Å²) in [6.07, 6.45) is 0. The van der Waals surface area contributed by atoms with E-state index in [4.69, 9.17) is 10.5 Å². The fraction of sp³-hybridized carbons (Fsp3) is 0.562. The highest BCUT2D eigenvalue weighted by atomic mass is 16.5. The third-order valence-electron chi connectivity index (χ3n) is 3.03. The Morgan fingerprint density at radius 2 is 1.80 bits per heavy atom. The number of rotatable bonds is 7. The molecule has 0 unspecified atom stereocenters. The lowest BCUT2D eigenvalue weighted by molar-refractivity contribution is -0.135. The van der Waals surface area contributed by atoms with Gasteiger partial charge in [-0.3, -0.25) is 4.79 Å². The summed E-state index contributed by atoms with van der Waals surface area (Å²) in [5.74, 6) is 1.17. The maximum absolute atomic E-state index is 12.2. The number of hydrogen-bond donors (Lipinski definition) is 1. The third kappa shape index (κ3) is 5.21. The van der Waals surface area contributed by atoms with E-state index in [1.807, 2.05) is 43.0 Å². The highest BCUT2D eigenvalue weighted by Crippen LogP contribution is 2.12. The normalized spacial score (nSPS) is 10.9. The van der Waals surface area contributed by atoms with E-state index in [1.54, 1.807) is 0 Å². The van der Waals surface area contributed by atoms with Gasteiger partial charge in [0.15, 0.2) is 6.61 Å². The van der Waals surface area contributed by atoms with Crippen LogP contribution in [0.15, 0.2) is 24.3 Å². The Morgan fingerprint density at radius 3 is 2.25 bits per heavy atom. The molecule has 0 atom stereocenters. The van der Waals surface area contributed by atoms with Gasteiger partial charge in [0.1, 0.15) is 5.75 Å². The van der Waals surface area contributed by atoms with Crippen LogP contribution in [0.5, 0.6) is 5.75 Å². The first-order valence-corrected chi connectivity index (χ1v) is 7.15. The molecular formula is C16H26N2O2. The van der Waals surface area contributed by atoms with Crippen molar-refractivity contribution in [3.63, 3.8) is 0 Å². The smallest absolute Gasteiger partial charge is 0.260 e. The van der Waals surface area contributed by atoms with Gasteiger partial charge in [-0.2, -0.15) is 0 Å². The Kier molecular flexibility index (Phi) is 6.52. The average Bonchev–Trinajstić information content (AvgIpc) is 2.42. The van der Waals surface area contributed by atoms with Crippen LogP contribution in [0.3, 0.4) is 0 Å². The Bertz CT molecular complexity index is 413. The fourth-order valence-corrected chi connectivity index (χ4v) is 1.94. The quantitative estimate of drug-likeness (QED) is 0.833. The van der Waals surface area contributed by atoms with Crippen molar-refractivity contribution in [2.24, 2.45) is 11.7 Å². The van der Waals surface area contributed by atoms with E-state index in [0.29, 0.717) is 18.2 Å². The van der Waals surface area contributed by atoms with Crippen LogP contribution in [-0.2, 0) is 11.3 Å². The average molecular weight is 278 g/mol. The Labute approximate surface area is 121 Å². The zero-order chi connectivity index (χ0) is 15.1. The van der Waals surface area contributed by atoms with Crippen molar-refractivity contribution in [3.05, 3.63) is 29.8 Å². The first kappa shape index (κ1) is 16.5. The number of carbonyl (C=O) groups is 1. The molecule has 0 saturated heterocycles. The molecule has 0 saturated carbocycles. The number of ether oxygens (including phenoxy) is 1. The van der Waals surface area contributed by atoms with Crippen LogP contribution < -0.4 is 10.5 Å². The van der Waals surface area contributed by atoms with Crippen LogP contribution in [0.1, 0.15) is 33.3 Å². The molecule has 0 aliphatic carbocycles. The Balaban J connectivity index is 2.55. The molecule has 0 bridgehead atoms. The maximum Gasteiger partial charge on any atom is 0.260 e. The molecule has 0 aliphatic rings. The van der Waals surface area contributed by atoms with Crippen molar-refractivity contribution >= 4 is 5.91 Å². The van der Waals surface area contributed by atoms with E-state index in [-0.39, 0.29) is 18.6 Å². The molecule has 0 aliphatic heterocycles. The van der Waals surface area contributed by atoms with Crippen molar-refractivity contribution < 1.29 is 9.53 Å². The first-order valence-electron chi connectivity index (χ1n) is 7.15. The van der Waals surface area contributed by atoms with Crippen molar-refractivity contribution in [2.75, 3.05) is 13.2 Å². The van der Waals surface area contributed by atoms with Gasteiger partial charge < -0.3 is 15.4 Å². The minimum atomic E-state index is 0.0246. The summed E-state index contributed by atoms with van der Waals surface area (Å²) in [6, 6.07) is 7.70. The van der Waals surface area contributed by atoms with E-state index < -0.39 is 0 Å². The lowest BCUT2D eigenvalue weighted by Crippen LogP contribution is -2.42. The fourth-order valence-electron chi connectivity index (χ4n) is 1.94. The van der Waals surface area contributed by atoms with Crippen LogP contribution in [0.2, 0.25) is 0 Å². The van der Waals surface area contributed by atoms with Gasteiger partial charge in [-0.1, -0.05) is 26.0 Å². The second-order valence-corrected chi connectivity index (χ2v) is 5.67. The van der Waals surface area contributed by atoms with Gasteiger partial charge in [0.2, 0.25) is 0 Å². The van der Waals surface area contributed by atoms with Gasteiger partial charge in [-0.25, -0.2) is 0 Å². The molecule has 1 rings (SSSR count). The largest absolute Gasteiger partial charge is 0.484 e. The molecule has 0 spiro atoms. The zero-order valence-corrected chi connectivity index (χ0v) is 12.9. The molecule has 1 amide bonds. The summed E-state index contributed by atoms with van der Waals surface area (Å²) >= 11 is 0. The Hall–Kier alpha value is -1.55. The van der Waals surface area contributed by atoms with Gasteiger partial charge >= 0.3 is 0 Å². The van der Waals surface area contributed by atoms with E-state index in [2.05, 4.69) is 13.8 Å². The highest BCUT2D eigenvalue weighted by Gasteiger charge is 2.18. The minimum absolute atomic E-state index is 0.0246. The van der Waals surface area contributed by atoms with Crippen LogP contribution in [0.25, 0.3) is 0 Å². The molecule has 112 valence electrons. The molecule has 1 aromatic rings. The van der Waals surface area contributed by atoms with Crippen molar-refractivity contribution in [1.29, 1.82) is 0 Å². The summed E-state index contributed by atoms with van der Waals surface area (Å²) in [5, 5.41) is 0. The van der Waals surface area contributed by atoms with Gasteiger partial charge in [-0.15, -0.1) is 0 Å². The first-order chi connectivity index (χ1) is 9.43. The number of benzene rings is 1. The summed E-state index contributed by atoms with van der Waals surface area (Å²) in [5.41, 5.74) is 6.59. The molecule has 4 nitrogen and oxygen atoms in total. The predicted molar refractivity (Wildman–Crippen MR) is 81.5 cm³/mol. The minimum Gasteiger partial charge on any atom is -0.484 e. The zero-order valence-electron chi connectivity index (χ0n) is 12.9. The van der Waals surface area contributed by atoms with Gasteiger partial charge in [0.25, 0.3) is 5.91 Å². The standard InChI is InChI=1S/C16H26N2O2/c1-12(2)10-18(13(3)4)16(19)11-20-15-7-5-14(9-17)6-8-15/h5-8,12-13H,9-11,17H2,1-4H3. The monoisotopic (exact) mass is 278 g/mol. The van der Waals surface area contributed by atoms with E-state index in [1.165, 1.54) is 0 Å². The summed E-state index contributed by atoms with van der Waals surface area (Å²) in [6.45, 7) is 9.60. The highest BCUT2D eigenvalue weighted by molar-refractivity contribution is 5.78. The van der Waals surface area contributed by atoms with Crippen LogP contribution in [-0.4, -0.2) is 30.0 Å². The van der Waals surface area contributed by atoms with E-state index in [0.717, 1.165) is 12.1 Å². The van der Waals surface area contributed by atoms with Crippen molar-refractivity contribution in [3.8, 4) is 5.75 Å². The molecule has 1 aromatic carbocycles. The van der Waals surface area contributed by atoms with Crippen LogP contribution in [0, 0.1) is 5.92 Å². The molecule has 20 heavy (non-hydrogen) atoms. The van der Waals surface area contributed by atoms with Gasteiger partial charge in [0, 0.05) is 19.1 Å². The second-order valence-electron chi connectivity index (χ2n) is 5.67. The third-order valence-corrected chi connectivity index (χ3v) is 3.03. The number of hydrogen-bond acceptors (Lipinski definition) is 3. The molecule has 0 aromatic heterocycles. The van der Waals surface area contributed by atoms with Crippen LogP contribution >= 0.6 is 0 Å². The summed E-state index contributed by atoms with van der Waals surface area (Å²) in [7, 11) is 0. The Morgan fingerprint density at radius 1 is 1.20 bits per heavy atom. The molecule has 0 heterocycles. The predicted octanol–water partition coefficient (Wildman–Crippen LogP) is 2.42. The lowest BCUT2D eigenvalue weighted by atomic mass is 10.2. The molecule has 4 heteroatoms. The van der Waals surface area contributed by atoms with Gasteiger partial charge in [0.05, 0.1) is 0 Å². The second kappa shape index (κ2) is 7.90. The number of carbonyl (C=O) groups excluding carboxylic acids is 1. The summed E-state index contributed by atoms with van der Waals surface area (Å²) in [4.78, 5) is 14.1. The molecule has 2 N–H and O–H groups in total. The molecular weight excluding hydrogens is 252 g/mol. The maximum atomic E-state index is 12.2. The molecule has 0 fully saturated rings. The number of amides is 1. The SMILES string of the molecule is CC(C)CN(C(=O)COc1ccc(CN)cc1)C(C)C. The topological polar surface area (TPSA) is 55.6 Å². The molecule has 0 radical (unpaired) electrons. The summed E-state index contributed by atoms with van der Waals surface area (Å²) < 4.78 is 5.55. The van der Waals surface area contributed by atoms with Crippen molar-refractivity contribution in [2.45, 2.75) is 40.3 Å². The van der Waals surface area contributed by atoms with Crippen LogP contribution in [0.4, 0.5) is 0 Å². The lowest BCUT2D eigenvalue weighted by Gasteiger charge is -2.28.